The predicted molar refractivity (Wildman–Crippen MR) is 70.1 cm³/mol. The van der Waals surface area contributed by atoms with Crippen molar-refractivity contribution in [2.24, 2.45) is 0 Å². The summed E-state index contributed by atoms with van der Waals surface area (Å²) in [6.07, 6.45) is -4.86. The van der Waals surface area contributed by atoms with Gasteiger partial charge in [0.25, 0.3) is 0 Å². The molecule has 1 amide bonds. The van der Waals surface area contributed by atoms with E-state index in [9.17, 15) is 22.8 Å². The van der Waals surface area contributed by atoms with Gasteiger partial charge in [0.1, 0.15) is 18.1 Å². The molecule has 8 heteroatoms. The number of likely N-dealkylation sites (tertiary alicyclic amines) is 1. The lowest BCUT2D eigenvalue weighted by molar-refractivity contribution is -0.137. The molecular formula is C14H14F3NO4. The van der Waals surface area contributed by atoms with Crippen molar-refractivity contribution in [2.75, 3.05) is 13.1 Å². The van der Waals surface area contributed by atoms with Crippen LogP contribution in [0.15, 0.2) is 18.2 Å². The van der Waals surface area contributed by atoms with Gasteiger partial charge in [0.2, 0.25) is 0 Å². The van der Waals surface area contributed by atoms with Crippen LogP contribution in [-0.4, -0.2) is 41.6 Å². The molecule has 0 atom stereocenters. The number of piperidine rings is 1. The Hall–Kier alpha value is -2.25. The number of carbonyl (C=O) groups is 2. The van der Waals surface area contributed by atoms with Crippen LogP contribution in [-0.2, 0) is 6.18 Å². The number of nitrogens with zero attached hydrogens (tertiary/aromatic N) is 1. The molecule has 120 valence electrons. The summed E-state index contributed by atoms with van der Waals surface area (Å²) in [5.74, 6) is -0.0364. The number of benzene rings is 1. The van der Waals surface area contributed by atoms with Crippen molar-refractivity contribution in [3.63, 3.8) is 0 Å². The molecule has 1 fully saturated rings. The third-order valence-electron chi connectivity index (χ3n) is 3.41. The zero-order valence-corrected chi connectivity index (χ0v) is 11.5. The minimum Gasteiger partial charge on any atom is -0.490 e. The van der Waals surface area contributed by atoms with Crippen LogP contribution in [0.25, 0.3) is 0 Å². The van der Waals surface area contributed by atoms with E-state index in [4.69, 9.17) is 9.84 Å². The van der Waals surface area contributed by atoms with Crippen molar-refractivity contribution >= 4 is 12.4 Å². The van der Waals surface area contributed by atoms with E-state index in [-0.39, 0.29) is 30.5 Å². The van der Waals surface area contributed by atoms with Crippen molar-refractivity contribution < 1.29 is 32.6 Å². The molecule has 1 N–H and O–H groups in total. The van der Waals surface area contributed by atoms with Crippen molar-refractivity contribution in [1.82, 2.24) is 4.90 Å². The number of hydrogen-bond donors (Lipinski definition) is 1. The summed E-state index contributed by atoms with van der Waals surface area (Å²) in [5, 5.41) is 8.83. The Morgan fingerprint density at radius 1 is 1.27 bits per heavy atom. The largest absolute Gasteiger partial charge is 0.490 e. The lowest BCUT2D eigenvalue weighted by atomic mass is 10.1. The molecule has 1 aromatic carbocycles. The molecule has 0 spiro atoms. The van der Waals surface area contributed by atoms with E-state index in [0.717, 1.165) is 12.1 Å². The van der Waals surface area contributed by atoms with Crippen LogP contribution in [0.4, 0.5) is 18.0 Å². The molecule has 0 radical (unpaired) electrons. The fourth-order valence-electron chi connectivity index (χ4n) is 2.28. The standard InChI is InChI=1S/C14H14F3NO4/c15-14(16,17)10-5-9(8-19)6-12(7-10)22-11-1-3-18(4-2-11)13(20)21/h5-8,11H,1-4H2,(H,20,21). The van der Waals surface area contributed by atoms with Crippen molar-refractivity contribution in [3.05, 3.63) is 29.3 Å². The van der Waals surface area contributed by atoms with Gasteiger partial charge in [0.05, 0.1) is 5.56 Å². The quantitative estimate of drug-likeness (QED) is 0.870. The van der Waals surface area contributed by atoms with Crippen molar-refractivity contribution in [3.8, 4) is 5.75 Å². The summed E-state index contributed by atoms with van der Waals surface area (Å²) in [6.45, 7) is 0.527. The fourth-order valence-corrected chi connectivity index (χ4v) is 2.28. The van der Waals surface area contributed by atoms with Crippen molar-refractivity contribution in [2.45, 2.75) is 25.1 Å². The molecule has 0 bridgehead atoms. The second-order valence-electron chi connectivity index (χ2n) is 4.99. The van der Waals surface area contributed by atoms with Crippen LogP contribution in [0.3, 0.4) is 0 Å². The monoisotopic (exact) mass is 317 g/mol. The van der Waals surface area contributed by atoms with Gasteiger partial charge in [-0.3, -0.25) is 4.79 Å². The molecule has 5 nitrogen and oxygen atoms in total. The molecule has 0 saturated carbocycles. The summed E-state index contributed by atoms with van der Waals surface area (Å²) < 4.78 is 43.8. The van der Waals surface area contributed by atoms with Gasteiger partial charge >= 0.3 is 12.3 Å². The number of alkyl halides is 3. The minimum atomic E-state index is -4.57. The molecule has 1 saturated heterocycles. The molecule has 0 aromatic heterocycles. The molecule has 1 aliphatic heterocycles. The number of hydrogen-bond acceptors (Lipinski definition) is 3. The first-order chi connectivity index (χ1) is 10.3. The van der Waals surface area contributed by atoms with Gasteiger partial charge in [-0.1, -0.05) is 0 Å². The van der Waals surface area contributed by atoms with Crippen LogP contribution in [0.1, 0.15) is 28.8 Å². The summed E-state index contributed by atoms with van der Waals surface area (Å²) >= 11 is 0. The van der Waals surface area contributed by atoms with E-state index >= 15 is 0 Å². The first-order valence-corrected chi connectivity index (χ1v) is 6.61. The first kappa shape index (κ1) is 16.1. The Morgan fingerprint density at radius 3 is 2.41 bits per heavy atom. The summed E-state index contributed by atoms with van der Waals surface area (Å²) in [5.41, 5.74) is -1.07. The van der Waals surface area contributed by atoms with Crippen LogP contribution < -0.4 is 4.74 Å². The maximum Gasteiger partial charge on any atom is 0.416 e. The Bertz CT molecular complexity index is 566. The van der Waals surface area contributed by atoms with E-state index in [1.807, 2.05) is 0 Å². The highest BCUT2D eigenvalue weighted by atomic mass is 19.4. The lowest BCUT2D eigenvalue weighted by Crippen LogP contribution is -2.41. The molecule has 1 heterocycles. The Labute approximate surface area is 124 Å². The number of ether oxygens (including phenoxy) is 1. The topological polar surface area (TPSA) is 66.8 Å². The first-order valence-electron chi connectivity index (χ1n) is 6.61. The van der Waals surface area contributed by atoms with Gasteiger partial charge in [-0.05, 0) is 18.2 Å². The summed E-state index contributed by atoms with van der Waals surface area (Å²) in [6, 6.07) is 2.84. The van der Waals surface area contributed by atoms with Gasteiger partial charge in [0, 0.05) is 31.5 Å². The van der Waals surface area contributed by atoms with Gasteiger partial charge in [-0.25, -0.2) is 4.79 Å². The Balaban J connectivity index is 2.10. The van der Waals surface area contributed by atoms with Gasteiger partial charge in [-0.15, -0.1) is 0 Å². The Morgan fingerprint density at radius 2 is 1.91 bits per heavy atom. The molecule has 1 aliphatic rings. The number of aldehydes is 1. The number of carbonyl (C=O) groups excluding carboxylic acids is 1. The average Bonchev–Trinajstić information content (AvgIpc) is 2.46. The van der Waals surface area contributed by atoms with Crippen LogP contribution >= 0.6 is 0 Å². The van der Waals surface area contributed by atoms with E-state index < -0.39 is 17.8 Å². The second-order valence-corrected chi connectivity index (χ2v) is 4.99. The lowest BCUT2D eigenvalue weighted by Gasteiger charge is -2.30. The predicted octanol–water partition coefficient (Wildman–Crippen LogP) is 3.04. The van der Waals surface area contributed by atoms with E-state index in [2.05, 4.69) is 0 Å². The minimum absolute atomic E-state index is 0.0364. The average molecular weight is 317 g/mol. The third kappa shape index (κ3) is 3.90. The maximum atomic E-state index is 12.8. The molecule has 2 rings (SSSR count). The van der Waals surface area contributed by atoms with Crippen LogP contribution in [0, 0.1) is 0 Å². The van der Waals surface area contributed by atoms with Crippen LogP contribution in [0.5, 0.6) is 5.75 Å². The number of carboxylic acid groups (broad SMARTS) is 1. The number of halogens is 3. The molecule has 22 heavy (non-hydrogen) atoms. The summed E-state index contributed by atoms with van der Waals surface area (Å²) in [4.78, 5) is 22.8. The third-order valence-corrected chi connectivity index (χ3v) is 3.41. The van der Waals surface area contributed by atoms with E-state index in [1.54, 1.807) is 0 Å². The number of rotatable bonds is 3. The molecular weight excluding hydrogens is 303 g/mol. The normalized spacial score (nSPS) is 16.4. The summed E-state index contributed by atoms with van der Waals surface area (Å²) in [7, 11) is 0. The van der Waals surface area contributed by atoms with E-state index in [1.165, 1.54) is 11.0 Å². The molecule has 0 aliphatic carbocycles. The van der Waals surface area contributed by atoms with Crippen molar-refractivity contribution in [1.29, 1.82) is 0 Å². The number of amides is 1. The molecule has 1 aromatic rings. The Kier molecular flexibility index (Phi) is 4.58. The van der Waals surface area contributed by atoms with Gasteiger partial charge in [0.15, 0.2) is 0 Å². The smallest absolute Gasteiger partial charge is 0.416 e. The fraction of sp³-hybridized carbons (Fsp3) is 0.429. The maximum absolute atomic E-state index is 12.8. The zero-order chi connectivity index (χ0) is 16.3. The molecule has 0 unspecified atom stereocenters. The highest BCUT2D eigenvalue weighted by Crippen LogP contribution is 2.33. The zero-order valence-electron chi connectivity index (χ0n) is 11.5. The SMILES string of the molecule is O=Cc1cc(OC2CCN(C(=O)O)CC2)cc(C(F)(F)F)c1. The van der Waals surface area contributed by atoms with Gasteiger partial charge < -0.3 is 14.7 Å². The van der Waals surface area contributed by atoms with Gasteiger partial charge in [-0.2, -0.15) is 13.2 Å². The van der Waals surface area contributed by atoms with E-state index in [0.29, 0.717) is 19.1 Å². The van der Waals surface area contributed by atoms with Crippen LogP contribution in [0.2, 0.25) is 0 Å². The highest BCUT2D eigenvalue weighted by Gasteiger charge is 2.32. The second kappa shape index (κ2) is 6.25. The highest BCUT2D eigenvalue weighted by molar-refractivity contribution is 5.76.